The molecular formula is C16H11BrClFOS. The molecule has 0 N–H and O–H groups in total. The number of alkyl halides is 1. The molecule has 0 saturated heterocycles. The van der Waals surface area contributed by atoms with E-state index >= 15 is 0 Å². The van der Waals surface area contributed by atoms with E-state index in [0.29, 0.717) is 10.2 Å². The van der Waals surface area contributed by atoms with Crippen molar-refractivity contribution in [1.29, 1.82) is 0 Å². The van der Waals surface area contributed by atoms with Gasteiger partial charge in [-0.05, 0) is 39.5 Å². The quantitative estimate of drug-likeness (QED) is 0.492. The SMILES string of the molecule is COc1cc(F)c(Br)cc1C(Cl)c1cc2ccccc2s1. The van der Waals surface area contributed by atoms with Crippen LogP contribution in [0.1, 0.15) is 15.8 Å². The van der Waals surface area contributed by atoms with Crippen molar-refractivity contribution in [3.63, 3.8) is 0 Å². The molecule has 0 saturated carbocycles. The third-order valence-corrected chi connectivity index (χ3v) is 5.63. The maximum absolute atomic E-state index is 13.6. The van der Waals surface area contributed by atoms with Crippen LogP contribution in [0.2, 0.25) is 0 Å². The van der Waals surface area contributed by atoms with Crippen LogP contribution in [-0.2, 0) is 0 Å². The molecule has 0 aliphatic heterocycles. The van der Waals surface area contributed by atoms with Gasteiger partial charge in [-0.2, -0.15) is 0 Å². The van der Waals surface area contributed by atoms with Crippen molar-refractivity contribution in [2.75, 3.05) is 7.11 Å². The Morgan fingerprint density at radius 1 is 1.24 bits per heavy atom. The van der Waals surface area contributed by atoms with Gasteiger partial charge in [-0.3, -0.25) is 0 Å². The highest BCUT2D eigenvalue weighted by molar-refractivity contribution is 9.10. The van der Waals surface area contributed by atoms with E-state index in [1.807, 2.05) is 12.1 Å². The van der Waals surface area contributed by atoms with Crippen molar-refractivity contribution >= 4 is 49.0 Å². The first kappa shape index (κ1) is 14.8. The van der Waals surface area contributed by atoms with Crippen LogP contribution in [0.25, 0.3) is 10.1 Å². The van der Waals surface area contributed by atoms with Gasteiger partial charge in [-0.25, -0.2) is 4.39 Å². The Morgan fingerprint density at radius 2 is 2.00 bits per heavy atom. The number of methoxy groups -OCH3 is 1. The molecule has 3 aromatic rings. The Labute approximate surface area is 139 Å². The van der Waals surface area contributed by atoms with Gasteiger partial charge in [0.1, 0.15) is 11.6 Å². The van der Waals surface area contributed by atoms with Gasteiger partial charge in [-0.15, -0.1) is 22.9 Å². The molecule has 3 rings (SSSR count). The van der Waals surface area contributed by atoms with E-state index in [-0.39, 0.29) is 11.2 Å². The van der Waals surface area contributed by atoms with E-state index in [2.05, 4.69) is 34.1 Å². The first-order valence-electron chi connectivity index (χ1n) is 6.25. The smallest absolute Gasteiger partial charge is 0.141 e. The zero-order valence-electron chi connectivity index (χ0n) is 11.1. The molecule has 21 heavy (non-hydrogen) atoms. The predicted molar refractivity (Wildman–Crippen MR) is 90.2 cm³/mol. The van der Waals surface area contributed by atoms with E-state index in [0.717, 1.165) is 15.8 Å². The molecule has 0 amide bonds. The molecule has 1 heterocycles. The summed E-state index contributed by atoms with van der Waals surface area (Å²) in [6.45, 7) is 0. The minimum atomic E-state index is -0.380. The molecule has 1 atom stereocenters. The fraction of sp³-hybridized carbons (Fsp3) is 0.125. The Balaban J connectivity index is 2.09. The molecular weight excluding hydrogens is 375 g/mol. The lowest BCUT2D eigenvalue weighted by molar-refractivity contribution is 0.406. The maximum atomic E-state index is 13.6. The lowest BCUT2D eigenvalue weighted by Crippen LogP contribution is -1.97. The minimum Gasteiger partial charge on any atom is -0.496 e. The summed E-state index contributed by atoms with van der Waals surface area (Å²) in [7, 11) is 1.51. The molecule has 0 radical (unpaired) electrons. The summed E-state index contributed by atoms with van der Waals surface area (Å²) in [4.78, 5) is 1.01. The molecule has 1 unspecified atom stereocenters. The van der Waals surface area contributed by atoms with E-state index in [1.54, 1.807) is 17.4 Å². The molecule has 108 valence electrons. The molecule has 2 aromatic carbocycles. The van der Waals surface area contributed by atoms with Crippen molar-refractivity contribution in [3.05, 3.63) is 63.2 Å². The fourth-order valence-corrected chi connectivity index (χ4v) is 3.99. The van der Waals surface area contributed by atoms with Crippen LogP contribution in [0.3, 0.4) is 0 Å². The first-order valence-corrected chi connectivity index (χ1v) is 8.30. The summed E-state index contributed by atoms with van der Waals surface area (Å²) in [6, 6.07) is 13.2. The Kier molecular flexibility index (Phi) is 4.20. The summed E-state index contributed by atoms with van der Waals surface area (Å²) >= 11 is 11.4. The lowest BCUT2D eigenvalue weighted by atomic mass is 10.1. The summed E-state index contributed by atoms with van der Waals surface area (Å²) in [5, 5.41) is 0.776. The number of ether oxygens (including phenoxy) is 1. The van der Waals surface area contributed by atoms with Crippen molar-refractivity contribution in [1.82, 2.24) is 0 Å². The molecule has 5 heteroatoms. The highest BCUT2D eigenvalue weighted by Gasteiger charge is 2.20. The normalized spacial score (nSPS) is 12.6. The minimum absolute atomic E-state index is 0.365. The molecule has 0 aliphatic carbocycles. The second kappa shape index (κ2) is 5.95. The molecule has 0 fully saturated rings. The number of halogens is 3. The predicted octanol–water partition coefficient (Wildman–Crippen LogP) is 6.14. The standard InChI is InChI=1S/C16H11BrClFOS/c1-20-13-8-12(19)11(17)7-10(13)16(18)15-6-9-4-2-3-5-14(9)21-15/h2-8,16H,1H3. The van der Waals surface area contributed by atoms with Crippen LogP contribution >= 0.6 is 38.9 Å². The number of thiophene rings is 1. The van der Waals surface area contributed by atoms with Crippen LogP contribution in [-0.4, -0.2) is 7.11 Å². The molecule has 0 bridgehead atoms. The average molecular weight is 386 g/mol. The third-order valence-electron chi connectivity index (χ3n) is 3.24. The number of hydrogen-bond donors (Lipinski definition) is 0. The third kappa shape index (κ3) is 2.80. The summed E-state index contributed by atoms with van der Waals surface area (Å²) in [6.07, 6.45) is 0. The number of benzene rings is 2. The molecule has 1 nitrogen and oxygen atoms in total. The summed E-state index contributed by atoms with van der Waals surface area (Å²) in [5.74, 6) is 0.0870. The molecule has 1 aromatic heterocycles. The van der Waals surface area contributed by atoms with Gasteiger partial charge < -0.3 is 4.74 Å². The fourth-order valence-electron chi connectivity index (χ4n) is 2.20. The highest BCUT2D eigenvalue weighted by atomic mass is 79.9. The second-order valence-electron chi connectivity index (χ2n) is 4.56. The average Bonchev–Trinajstić information content (AvgIpc) is 2.92. The van der Waals surface area contributed by atoms with Gasteiger partial charge in [0.15, 0.2) is 0 Å². The Morgan fingerprint density at radius 3 is 2.71 bits per heavy atom. The van der Waals surface area contributed by atoms with Gasteiger partial charge >= 0.3 is 0 Å². The second-order valence-corrected chi connectivity index (χ2v) is 6.96. The first-order chi connectivity index (χ1) is 10.1. The zero-order valence-corrected chi connectivity index (χ0v) is 14.2. The van der Waals surface area contributed by atoms with E-state index < -0.39 is 0 Å². The number of hydrogen-bond acceptors (Lipinski definition) is 2. The van der Waals surface area contributed by atoms with Gasteiger partial charge in [0, 0.05) is 21.2 Å². The van der Waals surface area contributed by atoms with Crippen LogP contribution < -0.4 is 4.74 Å². The van der Waals surface area contributed by atoms with Crippen LogP contribution in [0.4, 0.5) is 4.39 Å². The molecule has 0 spiro atoms. The van der Waals surface area contributed by atoms with Crippen LogP contribution in [0.5, 0.6) is 5.75 Å². The van der Waals surface area contributed by atoms with Crippen LogP contribution in [0, 0.1) is 5.82 Å². The van der Waals surface area contributed by atoms with Crippen LogP contribution in [0.15, 0.2) is 46.9 Å². The topological polar surface area (TPSA) is 9.23 Å². The van der Waals surface area contributed by atoms with Crippen molar-refractivity contribution in [2.45, 2.75) is 5.38 Å². The van der Waals surface area contributed by atoms with Gasteiger partial charge in [0.2, 0.25) is 0 Å². The number of fused-ring (bicyclic) bond motifs is 1. The number of rotatable bonds is 3. The van der Waals surface area contributed by atoms with E-state index in [1.165, 1.54) is 17.9 Å². The molecule has 0 aliphatic rings. The monoisotopic (exact) mass is 384 g/mol. The highest BCUT2D eigenvalue weighted by Crippen LogP contribution is 2.41. The van der Waals surface area contributed by atoms with E-state index in [4.69, 9.17) is 16.3 Å². The van der Waals surface area contributed by atoms with Crippen molar-refractivity contribution < 1.29 is 9.13 Å². The van der Waals surface area contributed by atoms with Crippen molar-refractivity contribution in [3.8, 4) is 5.75 Å². The largest absolute Gasteiger partial charge is 0.496 e. The summed E-state index contributed by atoms with van der Waals surface area (Å²) in [5.41, 5.74) is 0.749. The summed E-state index contributed by atoms with van der Waals surface area (Å²) < 4.78 is 20.4. The van der Waals surface area contributed by atoms with Gasteiger partial charge in [0.05, 0.1) is 17.0 Å². The Bertz CT molecular complexity index is 769. The zero-order chi connectivity index (χ0) is 15.0. The van der Waals surface area contributed by atoms with E-state index in [9.17, 15) is 4.39 Å². The maximum Gasteiger partial charge on any atom is 0.141 e. The lowest BCUT2D eigenvalue weighted by Gasteiger charge is -2.13. The van der Waals surface area contributed by atoms with Gasteiger partial charge in [-0.1, -0.05) is 18.2 Å². The Hall–Kier alpha value is -1.10. The van der Waals surface area contributed by atoms with Gasteiger partial charge in [0.25, 0.3) is 0 Å². The van der Waals surface area contributed by atoms with Crippen molar-refractivity contribution in [2.24, 2.45) is 0 Å².